The summed E-state index contributed by atoms with van der Waals surface area (Å²) in [5.41, 5.74) is 8.34. The second-order valence-electron chi connectivity index (χ2n) is 12.3. The average molecular weight is 999 g/mol. The summed E-state index contributed by atoms with van der Waals surface area (Å²) in [6.07, 6.45) is 20.1. The number of hydrogen-bond donors (Lipinski definition) is 0. The van der Waals surface area contributed by atoms with Crippen LogP contribution in [0.1, 0.15) is 158 Å². The molecule has 1 aromatic carbocycles. The number of benzene rings is 1. The molecule has 8 aromatic rings. The van der Waals surface area contributed by atoms with Crippen LogP contribution in [0.5, 0.6) is 0 Å². The normalized spacial score (nSPS) is 7.54. The summed E-state index contributed by atoms with van der Waals surface area (Å²) in [4.78, 5) is 11.7. The van der Waals surface area contributed by atoms with Gasteiger partial charge in [-0.25, -0.2) is 0 Å². The second kappa shape index (κ2) is 73.5. The minimum atomic E-state index is 0. The standard InChI is InChI=1S/C7H8.3C6H7N.3C5H8N2.C4H6N2.8C2H6.CH4/c1-7-5-3-2-4-6-7;1-6-2-4-7-5-3-6;1-6-3-2-4-7-5-6;1-6-4-2-3-5-7-6;1-5-3-6-7(2)4-5;1-5-3-4-7(2)6-5;1-5-3-4-6-7(5)2;1-6-4-2-3-5-6;8*1-2;/h2-6H,1H3;3*2-5H,1H3;3*3-4H,1-2H3;2-4H,1H3;8*1-2H3;1H4. The Hall–Kier alpha value is -6.49. The topological polar surface area (TPSA) is 110 Å². The maximum absolute atomic E-state index is 4.03. The second-order valence-corrected chi connectivity index (χ2v) is 12.3. The van der Waals surface area contributed by atoms with E-state index in [1.807, 2.05) is 295 Å². The van der Waals surface area contributed by atoms with E-state index in [-0.39, 0.29) is 7.43 Å². The first kappa shape index (κ1) is 85.4. The van der Waals surface area contributed by atoms with Crippen molar-refractivity contribution in [1.82, 2.24) is 54.1 Å². The van der Waals surface area contributed by atoms with Gasteiger partial charge in [-0.1, -0.05) is 166 Å². The third kappa shape index (κ3) is 67.8. The molecule has 0 radical (unpaired) electrons. The Bertz CT molecular complexity index is 1770. The van der Waals surface area contributed by atoms with Crippen molar-refractivity contribution in [3.8, 4) is 0 Å². The lowest BCUT2D eigenvalue weighted by molar-refractivity contribution is 0.740. The van der Waals surface area contributed by atoms with Gasteiger partial charge in [-0.2, -0.15) is 20.4 Å². The van der Waals surface area contributed by atoms with E-state index in [2.05, 4.69) is 54.4 Å². The number of hydrogen-bond acceptors (Lipinski definition) is 7. The van der Waals surface area contributed by atoms with E-state index in [0.29, 0.717) is 0 Å². The molecule has 11 nitrogen and oxygen atoms in total. The summed E-state index contributed by atoms with van der Waals surface area (Å²) >= 11 is 0. The minimum Gasteiger partial charge on any atom is -0.276 e. The van der Waals surface area contributed by atoms with Gasteiger partial charge in [0.05, 0.1) is 11.9 Å². The number of aromatic nitrogens is 11. The zero-order valence-electron chi connectivity index (χ0n) is 50.4. The SMILES string of the molecule is C.CC.CC.CC.CC.CC.CC.CC.CC.Cc1ccccc1.Cc1ccccn1.Cc1cccnc1.Cc1ccn(C)n1.Cc1ccncc1.Cc1ccnn1C.Cc1cnn(C)c1.Cn1cccn1. The molecule has 0 spiro atoms. The molecule has 0 amide bonds. The summed E-state index contributed by atoms with van der Waals surface area (Å²) in [7, 11) is 7.63. The van der Waals surface area contributed by atoms with E-state index in [0.717, 1.165) is 11.4 Å². The molecule has 7 heterocycles. The van der Waals surface area contributed by atoms with Crippen LogP contribution in [-0.4, -0.2) is 54.1 Å². The first-order chi connectivity index (χ1) is 34.3. The maximum atomic E-state index is 4.03. The summed E-state index contributed by atoms with van der Waals surface area (Å²) in [6, 6.07) is 29.8. The molecule has 0 saturated carbocycles. The number of rotatable bonds is 0. The van der Waals surface area contributed by atoms with E-state index in [1.54, 1.807) is 51.2 Å². The lowest BCUT2D eigenvalue weighted by Crippen LogP contribution is -1.90. The quantitative estimate of drug-likeness (QED) is 0.149. The van der Waals surface area contributed by atoms with Crippen LogP contribution in [0.15, 0.2) is 159 Å². The molecule has 0 unspecified atom stereocenters. The van der Waals surface area contributed by atoms with E-state index < -0.39 is 0 Å². The van der Waals surface area contributed by atoms with Crippen molar-refractivity contribution in [3.05, 3.63) is 198 Å². The molecule has 0 fully saturated rings. The van der Waals surface area contributed by atoms with Crippen molar-refractivity contribution in [1.29, 1.82) is 0 Å². The Balaban J connectivity index is -0.0000000863. The van der Waals surface area contributed by atoms with Gasteiger partial charge in [0.25, 0.3) is 0 Å². The Morgan fingerprint density at radius 1 is 0.333 bits per heavy atom. The molecule has 8 rings (SSSR count). The average Bonchev–Trinajstić information content (AvgIpc) is 4.26. The third-order valence-corrected chi connectivity index (χ3v) is 6.79. The predicted octanol–water partition coefficient (Wildman–Crippen LogP) is 17.6. The highest BCUT2D eigenvalue weighted by molar-refractivity contribution is 5.12. The first-order valence-electron chi connectivity index (χ1n) is 25.8. The molecule has 0 atom stereocenters. The van der Waals surface area contributed by atoms with Crippen LogP contribution in [0.25, 0.3) is 0 Å². The third-order valence-electron chi connectivity index (χ3n) is 6.79. The van der Waals surface area contributed by atoms with Gasteiger partial charge in [0, 0.05) is 102 Å². The van der Waals surface area contributed by atoms with Crippen molar-refractivity contribution in [2.45, 2.75) is 167 Å². The smallest absolute Gasteiger partial charge is 0.0593 e. The fourth-order valence-corrected chi connectivity index (χ4v) is 3.72. The van der Waals surface area contributed by atoms with Crippen molar-refractivity contribution in [2.75, 3.05) is 0 Å². The van der Waals surface area contributed by atoms with Gasteiger partial charge in [-0.15, -0.1) is 0 Å². The minimum absolute atomic E-state index is 0. The van der Waals surface area contributed by atoms with E-state index in [1.165, 1.54) is 27.9 Å². The van der Waals surface area contributed by atoms with Crippen LogP contribution in [0.3, 0.4) is 0 Å². The Morgan fingerprint density at radius 3 is 1.01 bits per heavy atom. The van der Waals surface area contributed by atoms with Crippen LogP contribution in [0, 0.1) is 48.5 Å². The van der Waals surface area contributed by atoms with Crippen molar-refractivity contribution >= 4 is 0 Å². The van der Waals surface area contributed by atoms with Crippen LogP contribution in [-0.2, 0) is 28.2 Å². The van der Waals surface area contributed by atoms with E-state index in [4.69, 9.17) is 0 Å². The largest absolute Gasteiger partial charge is 0.276 e. The number of aryl methyl sites for hydroxylation is 11. The Labute approximate surface area is 445 Å². The maximum Gasteiger partial charge on any atom is 0.0593 e. The summed E-state index contributed by atoms with van der Waals surface area (Å²) < 4.78 is 7.16. The van der Waals surface area contributed by atoms with Gasteiger partial charge in [0.1, 0.15) is 0 Å². The van der Waals surface area contributed by atoms with Gasteiger partial charge in [-0.3, -0.25) is 33.7 Å². The molecule has 11 heteroatoms. The van der Waals surface area contributed by atoms with Gasteiger partial charge in [0.2, 0.25) is 0 Å². The number of nitrogens with zero attached hydrogens (tertiary/aromatic N) is 11. The lowest BCUT2D eigenvalue weighted by atomic mass is 10.2. The van der Waals surface area contributed by atoms with Gasteiger partial charge < -0.3 is 0 Å². The van der Waals surface area contributed by atoms with Crippen molar-refractivity contribution in [2.24, 2.45) is 28.2 Å². The van der Waals surface area contributed by atoms with Crippen molar-refractivity contribution in [3.63, 3.8) is 0 Å². The molecule has 0 bridgehead atoms. The Kier molecular flexibility index (Phi) is 87.1. The molecular formula is C61H111N11. The molecule has 410 valence electrons. The molecule has 72 heavy (non-hydrogen) atoms. The molecule has 0 saturated heterocycles. The first-order valence-corrected chi connectivity index (χ1v) is 25.8. The zero-order valence-corrected chi connectivity index (χ0v) is 50.4. The Morgan fingerprint density at radius 2 is 0.847 bits per heavy atom. The fourth-order valence-electron chi connectivity index (χ4n) is 3.72. The lowest BCUT2D eigenvalue weighted by Gasteiger charge is -1.87. The monoisotopic (exact) mass is 998 g/mol. The molecular weight excluding hydrogens is 887 g/mol. The van der Waals surface area contributed by atoms with Crippen LogP contribution >= 0.6 is 0 Å². The van der Waals surface area contributed by atoms with Crippen molar-refractivity contribution < 1.29 is 0 Å². The highest BCUT2D eigenvalue weighted by Crippen LogP contribution is 1.93. The summed E-state index contributed by atoms with van der Waals surface area (Å²) in [5, 5.41) is 15.7. The van der Waals surface area contributed by atoms with Gasteiger partial charge in [0.15, 0.2) is 0 Å². The molecule has 0 aliphatic rings. The van der Waals surface area contributed by atoms with E-state index in [9.17, 15) is 0 Å². The van der Waals surface area contributed by atoms with Gasteiger partial charge in [-0.05, 0) is 114 Å². The van der Waals surface area contributed by atoms with Crippen LogP contribution < -0.4 is 0 Å². The highest BCUT2D eigenvalue weighted by atomic mass is 15.3. The van der Waals surface area contributed by atoms with Gasteiger partial charge >= 0.3 is 0 Å². The van der Waals surface area contributed by atoms with E-state index >= 15 is 0 Å². The highest BCUT2D eigenvalue weighted by Gasteiger charge is 1.84. The summed E-state index contributed by atoms with van der Waals surface area (Å²) in [5.74, 6) is 0. The zero-order chi connectivity index (χ0) is 56.7. The van der Waals surface area contributed by atoms with Crippen LogP contribution in [0.2, 0.25) is 0 Å². The summed E-state index contributed by atoms with van der Waals surface area (Å²) in [6.45, 7) is 46.1. The molecule has 0 N–H and O–H groups in total. The fraction of sp³-hybridized carbons (Fsp3) is 0.459. The molecule has 0 aliphatic carbocycles. The molecule has 7 aromatic heterocycles. The predicted molar refractivity (Wildman–Crippen MR) is 323 cm³/mol. The number of pyridine rings is 3. The molecule has 0 aliphatic heterocycles. The van der Waals surface area contributed by atoms with Crippen LogP contribution in [0.4, 0.5) is 0 Å².